The van der Waals surface area contributed by atoms with E-state index in [1.807, 2.05) is 6.07 Å². The van der Waals surface area contributed by atoms with Crippen molar-refractivity contribution in [2.75, 3.05) is 25.0 Å². The van der Waals surface area contributed by atoms with Gasteiger partial charge in [-0.15, -0.1) is 10.2 Å². The van der Waals surface area contributed by atoms with Crippen LogP contribution in [0.2, 0.25) is 0 Å². The minimum atomic E-state index is -0.128. The Labute approximate surface area is 187 Å². The third-order valence-corrected chi connectivity index (χ3v) is 7.34. The van der Waals surface area contributed by atoms with Crippen LogP contribution in [-0.4, -0.2) is 64.3 Å². The largest absolute Gasteiger partial charge is 0.361 e. The van der Waals surface area contributed by atoms with E-state index in [1.165, 1.54) is 22.3 Å². The number of para-hydroxylation sites is 1. The lowest BCUT2D eigenvalue weighted by atomic mass is 10.0. The van der Waals surface area contributed by atoms with Crippen LogP contribution in [0, 0.1) is 0 Å². The predicted molar refractivity (Wildman–Crippen MR) is 127 cm³/mol. The smallest absolute Gasteiger partial charge is 0.282 e. The molecule has 166 valence electrons. The molecular formula is C23H32N6OS. The maximum atomic E-state index is 13.0. The number of nitrogens with one attached hydrogen (secondary N) is 2. The quantitative estimate of drug-likeness (QED) is 0.586. The molecule has 1 amide bonds. The summed E-state index contributed by atoms with van der Waals surface area (Å²) in [5, 5.41) is 14.2. The lowest BCUT2D eigenvalue weighted by molar-refractivity contribution is 0.0933. The number of likely N-dealkylation sites (N-methyl/N-ethyl adjacent to an activating group) is 1. The molecule has 0 saturated carbocycles. The van der Waals surface area contributed by atoms with Crippen molar-refractivity contribution in [1.29, 1.82) is 0 Å². The fraction of sp³-hybridized carbons (Fsp3) is 0.522. The van der Waals surface area contributed by atoms with Gasteiger partial charge in [-0.3, -0.25) is 9.69 Å². The number of aromatic amines is 1. The SMILES string of the molecule is CCCC(Cc1c[nH]c2ccccc12)NC(=O)c1nnc(N2C[C@@H](C)N(C)[C@@H](C)C2)s1. The topological polar surface area (TPSA) is 77.1 Å². The zero-order valence-corrected chi connectivity index (χ0v) is 19.6. The normalized spacial score (nSPS) is 20.8. The molecule has 0 bridgehead atoms. The highest BCUT2D eigenvalue weighted by molar-refractivity contribution is 7.17. The van der Waals surface area contributed by atoms with Crippen LogP contribution in [0.1, 0.15) is 49.0 Å². The van der Waals surface area contributed by atoms with E-state index in [2.05, 4.69) is 82.5 Å². The number of rotatable bonds is 7. The molecule has 2 aromatic heterocycles. The summed E-state index contributed by atoms with van der Waals surface area (Å²) in [6.45, 7) is 8.38. The molecular weight excluding hydrogens is 408 g/mol. The van der Waals surface area contributed by atoms with Gasteiger partial charge in [0.2, 0.25) is 10.1 Å². The molecule has 4 rings (SSSR count). The Bertz CT molecular complexity index is 1020. The van der Waals surface area contributed by atoms with E-state index < -0.39 is 0 Å². The molecule has 31 heavy (non-hydrogen) atoms. The summed E-state index contributed by atoms with van der Waals surface area (Å²) < 4.78 is 0. The fourth-order valence-electron chi connectivity index (χ4n) is 4.38. The fourth-order valence-corrected chi connectivity index (χ4v) is 5.15. The van der Waals surface area contributed by atoms with Crippen LogP contribution in [0.4, 0.5) is 5.13 Å². The maximum Gasteiger partial charge on any atom is 0.282 e. The van der Waals surface area contributed by atoms with Crippen LogP contribution in [0.3, 0.4) is 0 Å². The van der Waals surface area contributed by atoms with E-state index in [0.29, 0.717) is 17.1 Å². The van der Waals surface area contributed by atoms with E-state index in [4.69, 9.17) is 0 Å². The third-order valence-electron chi connectivity index (χ3n) is 6.35. The second-order valence-electron chi connectivity index (χ2n) is 8.68. The Morgan fingerprint density at radius 3 is 2.74 bits per heavy atom. The summed E-state index contributed by atoms with van der Waals surface area (Å²) in [5.41, 5.74) is 2.36. The van der Waals surface area contributed by atoms with Crippen molar-refractivity contribution in [3.8, 4) is 0 Å². The summed E-state index contributed by atoms with van der Waals surface area (Å²) in [5.74, 6) is -0.128. The minimum absolute atomic E-state index is 0.0627. The number of hydrogen-bond acceptors (Lipinski definition) is 6. The predicted octanol–water partition coefficient (Wildman–Crippen LogP) is 3.69. The Balaban J connectivity index is 1.43. The number of nitrogens with zero attached hydrogens (tertiary/aromatic N) is 4. The van der Waals surface area contributed by atoms with Crippen LogP contribution >= 0.6 is 11.3 Å². The Kier molecular flexibility index (Phi) is 6.57. The van der Waals surface area contributed by atoms with E-state index >= 15 is 0 Å². The third kappa shape index (κ3) is 4.75. The van der Waals surface area contributed by atoms with Crippen LogP contribution in [0.15, 0.2) is 30.5 Å². The second kappa shape index (κ2) is 9.36. The zero-order valence-electron chi connectivity index (χ0n) is 18.8. The van der Waals surface area contributed by atoms with Gasteiger partial charge in [0.05, 0.1) is 0 Å². The van der Waals surface area contributed by atoms with Gasteiger partial charge in [0, 0.05) is 48.3 Å². The summed E-state index contributed by atoms with van der Waals surface area (Å²) in [7, 11) is 2.16. The van der Waals surface area contributed by atoms with Crippen LogP contribution in [-0.2, 0) is 6.42 Å². The summed E-state index contributed by atoms with van der Waals surface area (Å²) in [6.07, 6.45) is 4.77. The van der Waals surface area contributed by atoms with E-state index in [1.54, 1.807) is 0 Å². The van der Waals surface area contributed by atoms with Crippen molar-refractivity contribution in [3.05, 3.63) is 41.0 Å². The second-order valence-corrected chi connectivity index (χ2v) is 9.64. The lowest BCUT2D eigenvalue weighted by Crippen LogP contribution is -2.55. The van der Waals surface area contributed by atoms with Crippen molar-refractivity contribution < 1.29 is 4.79 Å². The number of anilines is 1. The number of benzene rings is 1. The first-order valence-electron chi connectivity index (χ1n) is 11.1. The number of carbonyl (C=O) groups excluding carboxylic acids is 1. The molecule has 1 unspecified atom stereocenters. The highest BCUT2D eigenvalue weighted by Gasteiger charge is 2.29. The van der Waals surface area contributed by atoms with Gasteiger partial charge in [0.25, 0.3) is 5.91 Å². The molecule has 0 aliphatic carbocycles. The number of piperazine rings is 1. The number of H-pyrrole nitrogens is 1. The zero-order chi connectivity index (χ0) is 22.0. The van der Waals surface area contributed by atoms with E-state index in [-0.39, 0.29) is 11.9 Å². The minimum Gasteiger partial charge on any atom is -0.361 e. The van der Waals surface area contributed by atoms with Gasteiger partial charge in [-0.25, -0.2) is 0 Å². The first kappa shape index (κ1) is 21.8. The molecule has 1 saturated heterocycles. The van der Waals surface area contributed by atoms with Gasteiger partial charge in [-0.05, 0) is 45.4 Å². The summed E-state index contributed by atoms with van der Waals surface area (Å²) in [4.78, 5) is 20.9. The highest BCUT2D eigenvalue weighted by atomic mass is 32.1. The van der Waals surface area contributed by atoms with Crippen LogP contribution < -0.4 is 10.2 Å². The van der Waals surface area contributed by atoms with E-state index in [9.17, 15) is 4.79 Å². The number of fused-ring (bicyclic) bond motifs is 1. The van der Waals surface area contributed by atoms with Gasteiger partial charge in [0.15, 0.2) is 0 Å². The van der Waals surface area contributed by atoms with Crippen molar-refractivity contribution in [1.82, 2.24) is 25.4 Å². The Hall–Kier alpha value is -2.45. The molecule has 1 aliphatic heterocycles. The first-order chi connectivity index (χ1) is 15.0. The van der Waals surface area contributed by atoms with Gasteiger partial charge in [0.1, 0.15) is 0 Å². The molecule has 3 heterocycles. The van der Waals surface area contributed by atoms with Gasteiger partial charge in [-0.1, -0.05) is 42.9 Å². The van der Waals surface area contributed by atoms with Gasteiger partial charge < -0.3 is 15.2 Å². The molecule has 0 radical (unpaired) electrons. The lowest BCUT2D eigenvalue weighted by Gasteiger charge is -2.42. The number of aromatic nitrogens is 3. The van der Waals surface area contributed by atoms with Crippen molar-refractivity contribution in [2.45, 2.75) is 58.2 Å². The summed E-state index contributed by atoms with van der Waals surface area (Å²) in [6, 6.07) is 9.23. The molecule has 0 spiro atoms. The number of amides is 1. The molecule has 3 aromatic rings. The monoisotopic (exact) mass is 440 g/mol. The highest BCUT2D eigenvalue weighted by Crippen LogP contribution is 2.25. The Morgan fingerprint density at radius 1 is 1.26 bits per heavy atom. The first-order valence-corrected chi connectivity index (χ1v) is 11.9. The molecule has 1 fully saturated rings. The average molecular weight is 441 g/mol. The Morgan fingerprint density at radius 2 is 2.00 bits per heavy atom. The molecule has 3 atom stereocenters. The molecule has 1 aromatic carbocycles. The van der Waals surface area contributed by atoms with Crippen molar-refractivity contribution in [3.63, 3.8) is 0 Å². The van der Waals surface area contributed by atoms with Crippen molar-refractivity contribution >= 4 is 33.3 Å². The molecule has 1 aliphatic rings. The molecule has 8 heteroatoms. The van der Waals surface area contributed by atoms with Crippen molar-refractivity contribution in [2.24, 2.45) is 0 Å². The number of carbonyl (C=O) groups is 1. The molecule has 7 nitrogen and oxygen atoms in total. The van der Waals surface area contributed by atoms with Crippen LogP contribution in [0.5, 0.6) is 0 Å². The standard InChI is InChI=1S/C23H32N6OS/c1-5-8-18(11-17-12-24-20-10-7-6-9-19(17)20)25-21(30)22-26-27-23(31-22)29-13-15(2)28(4)16(3)14-29/h6-7,9-10,12,15-16,18,24H,5,8,11,13-14H2,1-4H3,(H,25,30)/t15-,16+,18?. The average Bonchev–Trinajstić information content (AvgIpc) is 3.40. The van der Waals surface area contributed by atoms with Crippen LogP contribution in [0.25, 0.3) is 10.9 Å². The maximum absolute atomic E-state index is 13.0. The summed E-state index contributed by atoms with van der Waals surface area (Å²) >= 11 is 1.39. The number of hydrogen-bond donors (Lipinski definition) is 2. The van der Waals surface area contributed by atoms with E-state index in [0.717, 1.165) is 43.0 Å². The van der Waals surface area contributed by atoms with Gasteiger partial charge in [-0.2, -0.15) is 0 Å². The van der Waals surface area contributed by atoms with Gasteiger partial charge >= 0.3 is 0 Å². The molecule has 2 N–H and O–H groups in total.